The molecular weight excluding hydrogens is 334 g/mol. The number of carboxylic acid groups (broad SMARTS) is 1. The molecule has 1 aromatic carbocycles. The van der Waals surface area contributed by atoms with Crippen LogP contribution in [-0.2, 0) is 4.79 Å². The minimum absolute atomic E-state index is 0.192. The fraction of sp³-hybridized carbons (Fsp3) is 0.562. The zero-order chi connectivity index (χ0) is 15.4. The molecule has 1 aliphatic rings. The van der Waals surface area contributed by atoms with Crippen molar-refractivity contribution in [1.29, 1.82) is 0 Å². The van der Waals surface area contributed by atoms with Gasteiger partial charge >= 0.3 is 5.97 Å². The lowest BCUT2D eigenvalue weighted by Gasteiger charge is -2.37. The van der Waals surface area contributed by atoms with E-state index in [9.17, 15) is 4.79 Å². The lowest BCUT2D eigenvalue weighted by atomic mass is 9.93. The number of hydrogen-bond acceptors (Lipinski definition) is 3. The zero-order valence-corrected chi connectivity index (χ0v) is 14.1. The molecule has 116 valence electrons. The van der Waals surface area contributed by atoms with Crippen LogP contribution in [0.4, 0.5) is 0 Å². The van der Waals surface area contributed by atoms with E-state index in [-0.39, 0.29) is 12.0 Å². The van der Waals surface area contributed by atoms with Gasteiger partial charge in [-0.05, 0) is 50.6 Å². The zero-order valence-electron chi connectivity index (χ0n) is 12.5. The van der Waals surface area contributed by atoms with Crippen LogP contribution >= 0.6 is 15.9 Å². The summed E-state index contributed by atoms with van der Waals surface area (Å²) in [6, 6.07) is 6.33. The SMILES string of the molecule is CCC(c1cc(Br)ccc1OC)N1CCC(C(=O)O)CC1. The molecular formula is C16H22BrNO3. The molecule has 2 rings (SSSR count). The van der Waals surface area contributed by atoms with Crippen LogP contribution in [0.15, 0.2) is 22.7 Å². The van der Waals surface area contributed by atoms with Crippen LogP contribution in [0.1, 0.15) is 37.8 Å². The van der Waals surface area contributed by atoms with Crippen molar-refractivity contribution in [3.05, 3.63) is 28.2 Å². The Hall–Kier alpha value is -1.07. The van der Waals surface area contributed by atoms with E-state index < -0.39 is 5.97 Å². The third kappa shape index (κ3) is 3.77. The van der Waals surface area contributed by atoms with E-state index in [4.69, 9.17) is 9.84 Å². The second-order valence-corrected chi connectivity index (χ2v) is 6.37. The number of aliphatic carboxylic acids is 1. The highest BCUT2D eigenvalue weighted by Crippen LogP contribution is 2.36. The number of nitrogens with zero attached hydrogens (tertiary/aromatic N) is 1. The van der Waals surface area contributed by atoms with Crippen molar-refractivity contribution in [2.45, 2.75) is 32.2 Å². The number of rotatable bonds is 5. The van der Waals surface area contributed by atoms with E-state index in [0.29, 0.717) is 0 Å². The summed E-state index contributed by atoms with van der Waals surface area (Å²) < 4.78 is 6.53. The van der Waals surface area contributed by atoms with Gasteiger partial charge in [0, 0.05) is 16.1 Å². The average molecular weight is 356 g/mol. The molecule has 1 aliphatic heterocycles. The van der Waals surface area contributed by atoms with E-state index >= 15 is 0 Å². The Balaban J connectivity index is 2.17. The van der Waals surface area contributed by atoms with Crippen molar-refractivity contribution >= 4 is 21.9 Å². The highest BCUT2D eigenvalue weighted by Gasteiger charge is 2.29. The van der Waals surface area contributed by atoms with Gasteiger partial charge in [-0.3, -0.25) is 9.69 Å². The Morgan fingerprint density at radius 1 is 1.48 bits per heavy atom. The molecule has 1 N–H and O–H groups in total. The van der Waals surface area contributed by atoms with Gasteiger partial charge in [-0.15, -0.1) is 0 Å². The van der Waals surface area contributed by atoms with Gasteiger partial charge in [-0.1, -0.05) is 22.9 Å². The molecule has 0 radical (unpaired) electrons. The maximum Gasteiger partial charge on any atom is 0.306 e. The summed E-state index contributed by atoms with van der Waals surface area (Å²) in [7, 11) is 1.69. The van der Waals surface area contributed by atoms with E-state index in [1.54, 1.807) is 7.11 Å². The van der Waals surface area contributed by atoms with E-state index in [1.807, 2.05) is 12.1 Å². The van der Waals surface area contributed by atoms with Crippen LogP contribution in [0.5, 0.6) is 5.75 Å². The predicted molar refractivity (Wildman–Crippen MR) is 85.7 cm³/mol. The predicted octanol–water partition coefficient (Wildman–Crippen LogP) is 3.71. The van der Waals surface area contributed by atoms with Crippen LogP contribution in [-0.4, -0.2) is 36.2 Å². The number of hydrogen-bond donors (Lipinski definition) is 1. The van der Waals surface area contributed by atoms with Crippen molar-refractivity contribution in [2.24, 2.45) is 5.92 Å². The van der Waals surface area contributed by atoms with Gasteiger partial charge in [0.05, 0.1) is 13.0 Å². The number of carbonyl (C=O) groups is 1. The maximum atomic E-state index is 11.1. The molecule has 0 spiro atoms. The third-order valence-electron chi connectivity index (χ3n) is 4.26. The smallest absolute Gasteiger partial charge is 0.306 e. The summed E-state index contributed by atoms with van der Waals surface area (Å²) in [5.74, 6) is 0.0382. The lowest BCUT2D eigenvalue weighted by Crippen LogP contribution is -2.38. The number of likely N-dealkylation sites (tertiary alicyclic amines) is 1. The molecule has 5 heteroatoms. The fourth-order valence-corrected chi connectivity index (χ4v) is 3.48. The normalized spacial score (nSPS) is 18.4. The molecule has 1 fully saturated rings. The van der Waals surface area contributed by atoms with Crippen LogP contribution in [0.2, 0.25) is 0 Å². The van der Waals surface area contributed by atoms with Crippen LogP contribution in [0.3, 0.4) is 0 Å². The Kier molecular flexibility index (Phi) is 5.65. The maximum absolute atomic E-state index is 11.1. The highest BCUT2D eigenvalue weighted by atomic mass is 79.9. The van der Waals surface area contributed by atoms with Crippen molar-refractivity contribution in [3.63, 3.8) is 0 Å². The molecule has 4 nitrogen and oxygen atoms in total. The van der Waals surface area contributed by atoms with Crippen molar-refractivity contribution in [3.8, 4) is 5.75 Å². The third-order valence-corrected chi connectivity index (χ3v) is 4.75. The van der Waals surface area contributed by atoms with Gasteiger partial charge in [0.1, 0.15) is 5.75 Å². The summed E-state index contributed by atoms with van der Waals surface area (Å²) in [6.07, 6.45) is 2.43. The van der Waals surface area contributed by atoms with Crippen LogP contribution < -0.4 is 4.74 Å². The first kappa shape index (κ1) is 16.3. The second kappa shape index (κ2) is 7.27. The molecule has 1 atom stereocenters. The number of halogens is 1. The largest absolute Gasteiger partial charge is 0.496 e. The Bertz CT molecular complexity index is 498. The van der Waals surface area contributed by atoms with Crippen LogP contribution in [0, 0.1) is 5.92 Å². The van der Waals surface area contributed by atoms with Crippen molar-refractivity contribution in [2.75, 3.05) is 20.2 Å². The van der Waals surface area contributed by atoms with Gasteiger partial charge in [-0.25, -0.2) is 0 Å². The first-order valence-corrected chi connectivity index (χ1v) is 8.16. The molecule has 0 bridgehead atoms. The minimum Gasteiger partial charge on any atom is -0.496 e. The van der Waals surface area contributed by atoms with Gasteiger partial charge in [-0.2, -0.15) is 0 Å². The molecule has 21 heavy (non-hydrogen) atoms. The second-order valence-electron chi connectivity index (χ2n) is 5.46. The van der Waals surface area contributed by atoms with E-state index in [2.05, 4.69) is 33.8 Å². The number of piperidine rings is 1. The number of benzene rings is 1. The molecule has 0 amide bonds. The van der Waals surface area contributed by atoms with Gasteiger partial charge in [0.15, 0.2) is 0 Å². The van der Waals surface area contributed by atoms with Gasteiger partial charge in [0.2, 0.25) is 0 Å². The summed E-state index contributed by atoms with van der Waals surface area (Å²) in [5, 5.41) is 9.11. The average Bonchev–Trinajstić information content (AvgIpc) is 2.49. The highest BCUT2D eigenvalue weighted by molar-refractivity contribution is 9.10. The molecule has 0 saturated carbocycles. The van der Waals surface area contributed by atoms with Crippen LogP contribution in [0.25, 0.3) is 0 Å². The minimum atomic E-state index is -0.664. The Labute approximate surface area is 134 Å². The first-order valence-electron chi connectivity index (χ1n) is 7.37. The molecule has 1 saturated heterocycles. The molecule has 0 aromatic heterocycles. The van der Waals surface area contributed by atoms with Crippen molar-refractivity contribution < 1.29 is 14.6 Å². The standard InChI is InChI=1S/C16H22BrNO3/c1-3-14(13-10-12(17)4-5-15(13)21-2)18-8-6-11(7-9-18)16(19)20/h4-5,10-11,14H,3,6-9H2,1-2H3,(H,19,20). The summed E-state index contributed by atoms with van der Waals surface area (Å²) >= 11 is 3.52. The summed E-state index contributed by atoms with van der Waals surface area (Å²) in [4.78, 5) is 13.4. The summed E-state index contributed by atoms with van der Waals surface area (Å²) in [5.41, 5.74) is 1.17. The number of methoxy groups -OCH3 is 1. The fourth-order valence-electron chi connectivity index (χ4n) is 3.10. The molecule has 0 aliphatic carbocycles. The van der Waals surface area contributed by atoms with E-state index in [1.165, 1.54) is 5.56 Å². The monoisotopic (exact) mass is 355 g/mol. The quantitative estimate of drug-likeness (QED) is 0.874. The summed E-state index contributed by atoms with van der Waals surface area (Å²) in [6.45, 7) is 3.81. The first-order chi connectivity index (χ1) is 10.1. The van der Waals surface area contributed by atoms with Crippen molar-refractivity contribution in [1.82, 2.24) is 4.90 Å². The Morgan fingerprint density at radius 3 is 2.67 bits per heavy atom. The Morgan fingerprint density at radius 2 is 2.14 bits per heavy atom. The molecule has 1 aromatic rings. The topological polar surface area (TPSA) is 49.8 Å². The number of carboxylic acids is 1. The van der Waals surface area contributed by atoms with Gasteiger partial charge < -0.3 is 9.84 Å². The van der Waals surface area contributed by atoms with E-state index in [0.717, 1.165) is 42.6 Å². The molecule has 1 unspecified atom stereocenters. The molecule has 1 heterocycles. The van der Waals surface area contributed by atoms with Gasteiger partial charge in [0.25, 0.3) is 0 Å². The lowest BCUT2D eigenvalue weighted by molar-refractivity contribution is -0.143. The number of ether oxygens (including phenoxy) is 1.